The number of carbonyl (C=O) groups is 2. The molecule has 0 saturated carbocycles. The standard InChI is InChI=1S/C42H74NO8P/c1-3-5-7-9-11-13-15-17-18-19-20-21-22-23-25-27-29-31-33-35-42(45)51-40(39-50-52(46,47)49-37-36-43)38-48-41(44)34-32-30-28-26-24-16-14-12-10-8-6-4-2/h5,7,11,13,17-18,20-21,23,25,40H,3-4,6,8-10,12,14-16,19,22,24,26-39,43H2,1-2H3,(H,46,47)/b7-5-,13-11-,18-17-,21-20-,25-23-/t40-/m1/s1. The highest BCUT2D eigenvalue weighted by Gasteiger charge is 2.25. The average molecular weight is 752 g/mol. The quantitative estimate of drug-likeness (QED) is 0.0275. The summed E-state index contributed by atoms with van der Waals surface area (Å²) in [4.78, 5) is 34.8. The lowest BCUT2D eigenvalue weighted by Gasteiger charge is -2.19. The summed E-state index contributed by atoms with van der Waals surface area (Å²) in [6.45, 7) is 3.56. The highest BCUT2D eigenvalue weighted by Crippen LogP contribution is 2.43. The fourth-order valence-electron chi connectivity index (χ4n) is 5.19. The molecule has 0 aromatic rings. The number of phosphoric acid groups is 1. The third-order valence-electron chi connectivity index (χ3n) is 8.17. The Kier molecular flexibility index (Phi) is 36.7. The summed E-state index contributed by atoms with van der Waals surface area (Å²) < 4.78 is 32.7. The number of nitrogens with two attached hydrogens (primary N) is 1. The molecule has 0 aliphatic rings. The summed E-state index contributed by atoms with van der Waals surface area (Å²) >= 11 is 0. The predicted molar refractivity (Wildman–Crippen MR) is 215 cm³/mol. The maximum absolute atomic E-state index is 12.5. The Bertz CT molecular complexity index is 1040. The van der Waals surface area contributed by atoms with Crippen LogP contribution in [0.5, 0.6) is 0 Å². The van der Waals surface area contributed by atoms with Crippen molar-refractivity contribution in [2.45, 2.75) is 168 Å². The van der Waals surface area contributed by atoms with Crippen LogP contribution < -0.4 is 5.73 Å². The fourth-order valence-corrected chi connectivity index (χ4v) is 5.95. The summed E-state index contributed by atoms with van der Waals surface area (Å²) in [5.41, 5.74) is 5.33. The van der Waals surface area contributed by atoms with Gasteiger partial charge in [-0.25, -0.2) is 4.57 Å². The summed E-state index contributed by atoms with van der Waals surface area (Å²) in [6.07, 6.45) is 43.9. The van der Waals surface area contributed by atoms with Crippen LogP contribution in [-0.4, -0.2) is 49.3 Å². The molecule has 0 heterocycles. The second-order valence-electron chi connectivity index (χ2n) is 13.1. The van der Waals surface area contributed by atoms with Gasteiger partial charge in [-0.05, 0) is 57.8 Å². The molecule has 0 aromatic heterocycles. The van der Waals surface area contributed by atoms with Crippen LogP contribution in [0.3, 0.4) is 0 Å². The number of phosphoric ester groups is 1. The third kappa shape index (κ3) is 37.5. The van der Waals surface area contributed by atoms with Crippen LogP contribution in [0.25, 0.3) is 0 Å². The van der Waals surface area contributed by atoms with Crippen molar-refractivity contribution in [2.75, 3.05) is 26.4 Å². The van der Waals surface area contributed by atoms with Gasteiger partial charge in [-0.3, -0.25) is 18.6 Å². The van der Waals surface area contributed by atoms with Gasteiger partial charge in [0.25, 0.3) is 0 Å². The Hall–Kier alpha value is -2.29. The van der Waals surface area contributed by atoms with Crippen LogP contribution >= 0.6 is 7.82 Å². The largest absolute Gasteiger partial charge is 0.472 e. The lowest BCUT2D eigenvalue weighted by Crippen LogP contribution is -2.29. The van der Waals surface area contributed by atoms with Gasteiger partial charge in [0.1, 0.15) is 6.61 Å². The molecule has 0 rings (SSSR count). The van der Waals surface area contributed by atoms with Gasteiger partial charge in [-0.2, -0.15) is 0 Å². The Balaban J connectivity index is 4.27. The minimum Gasteiger partial charge on any atom is -0.462 e. The first-order valence-electron chi connectivity index (χ1n) is 20.3. The zero-order valence-electron chi connectivity index (χ0n) is 32.8. The van der Waals surface area contributed by atoms with Gasteiger partial charge in [0.05, 0.1) is 13.2 Å². The third-order valence-corrected chi connectivity index (χ3v) is 9.15. The molecule has 9 nitrogen and oxygen atoms in total. The van der Waals surface area contributed by atoms with Gasteiger partial charge in [-0.1, -0.05) is 152 Å². The Labute approximate surface area is 317 Å². The minimum atomic E-state index is -4.38. The predicted octanol–water partition coefficient (Wildman–Crippen LogP) is 11.3. The van der Waals surface area contributed by atoms with E-state index in [2.05, 4.69) is 74.6 Å². The SMILES string of the molecule is CC/C=C\C/C=C\C/C=C\C/C=C\C/C=C\CCCCCC(=O)O[C@H](COC(=O)CCCCCCCCCCCCCC)COP(=O)(O)OCCN. The molecule has 2 atom stereocenters. The Morgan fingerprint density at radius 2 is 1.06 bits per heavy atom. The van der Waals surface area contributed by atoms with E-state index in [1.54, 1.807) is 0 Å². The number of esters is 2. The van der Waals surface area contributed by atoms with Gasteiger partial charge in [0.15, 0.2) is 6.10 Å². The number of allylic oxidation sites excluding steroid dienone is 10. The topological polar surface area (TPSA) is 134 Å². The molecule has 0 aromatic carbocycles. The molecule has 52 heavy (non-hydrogen) atoms. The van der Waals surface area contributed by atoms with E-state index in [0.29, 0.717) is 6.42 Å². The number of hydrogen-bond acceptors (Lipinski definition) is 8. The summed E-state index contributed by atoms with van der Waals surface area (Å²) in [6, 6.07) is 0. The van der Waals surface area contributed by atoms with Gasteiger partial charge in [0.2, 0.25) is 0 Å². The second-order valence-corrected chi connectivity index (χ2v) is 14.6. The van der Waals surface area contributed by atoms with E-state index in [0.717, 1.165) is 70.6 Å². The van der Waals surface area contributed by atoms with E-state index in [-0.39, 0.29) is 32.6 Å². The number of carbonyl (C=O) groups excluding carboxylic acids is 2. The van der Waals surface area contributed by atoms with Crippen LogP contribution in [0.2, 0.25) is 0 Å². The summed E-state index contributed by atoms with van der Waals surface area (Å²) in [5, 5.41) is 0. The summed E-state index contributed by atoms with van der Waals surface area (Å²) in [7, 11) is -4.38. The van der Waals surface area contributed by atoms with Crippen molar-refractivity contribution in [3.8, 4) is 0 Å². The number of unbranched alkanes of at least 4 members (excludes halogenated alkanes) is 14. The highest BCUT2D eigenvalue weighted by atomic mass is 31.2. The molecule has 0 saturated heterocycles. The molecular formula is C42H74NO8P. The molecule has 3 N–H and O–H groups in total. The number of ether oxygens (including phenoxy) is 2. The van der Waals surface area contributed by atoms with Crippen molar-refractivity contribution in [3.63, 3.8) is 0 Å². The first kappa shape index (κ1) is 49.7. The van der Waals surface area contributed by atoms with Crippen LogP contribution in [0, 0.1) is 0 Å². The minimum absolute atomic E-state index is 0.0458. The van der Waals surface area contributed by atoms with E-state index in [1.807, 2.05) is 0 Å². The molecule has 0 fully saturated rings. The van der Waals surface area contributed by atoms with Crippen molar-refractivity contribution < 1.29 is 37.6 Å². The molecule has 0 radical (unpaired) electrons. The smallest absolute Gasteiger partial charge is 0.462 e. The zero-order chi connectivity index (χ0) is 38.2. The van der Waals surface area contributed by atoms with E-state index >= 15 is 0 Å². The Morgan fingerprint density at radius 1 is 0.596 bits per heavy atom. The molecule has 1 unspecified atom stereocenters. The van der Waals surface area contributed by atoms with Crippen molar-refractivity contribution in [2.24, 2.45) is 5.73 Å². The molecule has 10 heteroatoms. The van der Waals surface area contributed by atoms with Crippen molar-refractivity contribution in [3.05, 3.63) is 60.8 Å². The highest BCUT2D eigenvalue weighted by molar-refractivity contribution is 7.47. The van der Waals surface area contributed by atoms with Gasteiger partial charge in [0, 0.05) is 19.4 Å². The number of rotatable bonds is 37. The van der Waals surface area contributed by atoms with Gasteiger partial charge >= 0.3 is 19.8 Å². The van der Waals surface area contributed by atoms with Crippen molar-refractivity contribution in [1.29, 1.82) is 0 Å². The van der Waals surface area contributed by atoms with Crippen molar-refractivity contribution >= 4 is 19.8 Å². The normalized spacial score (nSPS) is 14.0. The molecule has 0 amide bonds. The van der Waals surface area contributed by atoms with Crippen LogP contribution in [-0.2, 0) is 32.7 Å². The zero-order valence-corrected chi connectivity index (χ0v) is 33.7. The lowest BCUT2D eigenvalue weighted by molar-refractivity contribution is -0.161. The van der Waals surface area contributed by atoms with Crippen molar-refractivity contribution in [1.82, 2.24) is 0 Å². The first-order chi connectivity index (χ1) is 25.3. The number of hydrogen-bond donors (Lipinski definition) is 2. The van der Waals surface area contributed by atoms with Crippen LogP contribution in [0.15, 0.2) is 60.8 Å². The molecule has 0 spiro atoms. The summed E-state index contributed by atoms with van der Waals surface area (Å²) in [5.74, 6) is -0.870. The van der Waals surface area contributed by atoms with Crippen LogP contribution in [0.4, 0.5) is 0 Å². The molecule has 0 aliphatic heterocycles. The van der Waals surface area contributed by atoms with Gasteiger partial charge in [-0.15, -0.1) is 0 Å². The first-order valence-corrected chi connectivity index (χ1v) is 21.8. The van der Waals surface area contributed by atoms with E-state index in [9.17, 15) is 19.0 Å². The Morgan fingerprint density at radius 3 is 1.58 bits per heavy atom. The van der Waals surface area contributed by atoms with E-state index in [1.165, 1.54) is 57.8 Å². The van der Waals surface area contributed by atoms with E-state index < -0.39 is 32.5 Å². The maximum atomic E-state index is 12.5. The monoisotopic (exact) mass is 752 g/mol. The maximum Gasteiger partial charge on any atom is 0.472 e. The average Bonchev–Trinajstić information content (AvgIpc) is 3.13. The fraction of sp³-hybridized carbons (Fsp3) is 0.714. The lowest BCUT2D eigenvalue weighted by atomic mass is 10.0. The van der Waals surface area contributed by atoms with Gasteiger partial charge < -0.3 is 20.1 Å². The van der Waals surface area contributed by atoms with E-state index in [4.69, 9.17) is 24.3 Å². The second kappa shape index (κ2) is 38.4. The van der Waals surface area contributed by atoms with Crippen LogP contribution in [0.1, 0.15) is 162 Å². The molecular weight excluding hydrogens is 677 g/mol. The molecule has 0 aliphatic carbocycles. The molecule has 0 bridgehead atoms. The molecule has 300 valence electrons.